The van der Waals surface area contributed by atoms with Crippen molar-refractivity contribution in [1.29, 1.82) is 0 Å². The van der Waals surface area contributed by atoms with Crippen molar-refractivity contribution < 1.29 is 9.21 Å². The van der Waals surface area contributed by atoms with Crippen LogP contribution < -0.4 is 0 Å². The lowest BCUT2D eigenvalue weighted by molar-refractivity contribution is 0.0722. The average molecular weight is 269 g/mol. The maximum atomic E-state index is 12.6. The van der Waals surface area contributed by atoms with Gasteiger partial charge in [0.1, 0.15) is 5.76 Å². The highest BCUT2D eigenvalue weighted by molar-refractivity contribution is 6.04. The molecule has 20 heavy (non-hydrogen) atoms. The Balaban J connectivity index is 1.92. The topological polar surface area (TPSA) is 62.1 Å². The maximum absolute atomic E-state index is 12.6. The number of carbonyl (C=O) groups excluding carboxylic acids is 1. The largest absolute Gasteiger partial charge is 0.467 e. The molecule has 2 aromatic heterocycles. The van der Waals surface area contributed by atoms with E-state index in [9.17, 15) is 4.79 Å². The molecular formula is C15H15N3O2. The number of benzene rings is 1. The first kappa shape index (κ1) is 12.5. The van der Waals surface area contributed by atoms with Crippen LogP contribution in [0, 0.1) is 0 Å². The second-order valence-corrected chi connectivity index (χ2v) is 4.73. The van der Waals surface area contributed by atoms with Crippen LogP contribution >= 0.6 is 0 Å². The normalized spacial score (nSPS) is 12.5. The van der Waals surface area contributed by atoms with Gasteiger partial charge in [-0.3, -0.25) is 9.89 Å². The maximum Gasteiger partial charge on any atom is 0.275 e. The van der Waals surface area contributed by atoms with Gasteiger partial charge < -0.3 is 9.32 Å². The van der Waals surface area contributed by atoms with Crippen LogP contribution in [0.15, 0.2) is 47.1 Å². The third-order valence-electron chi connectivity index (χ3n) is 3.53. The Hall–Kier alpha value is -2.56. The van der Waals surface area contributed by atoms with Gasteiger partial charge in [0.25, 0.3) is 5.91 Å². The first-order valence-electron chi connectivity index (χ1n) is 6.42. The van der Waals surface area contributed by atoms with Crippen LogP contribution in [0.2, 0.25) is 0 Å². The standard InChI is InChI=1S/C15H15N3O2/c1-10(13-8-5-9-20-13)18(2)15(19)14-11-6-3-4-7-12(11)16-17-14/h3-10H,1-2H3,(H,16,17). The van der Waals surface area contributed by atoms with Gasteiger partial charge in [-0.2, -0.15) is 5.10 Å². The van der Waals surface area contributed by atoms with E-state index in [1.165, 1.54) is 0 Å². The summed E-state index contributed by atoms with van der Waals surface area (Å²) in [6.07, 6.45) is 1.61. The molecule has 0 saturated carbocycles. The molecule has 0 spiro atoms. The zero-order valence-corrected chi connectivity index (χ0v) is 11.3. The predicted octanol–water partition coefficient (Wildman–Crippen LogP) is 2.99. The smallest absolute Gasteiger partial charge is 0.275 e. The van der Waals surface area contributed by atoms with Crippen LogP contribution in [0.25, 0.3) is 10.9 Å². The van der Waals surface area contributed by atoms with Gasteiger partial charge in [0, 0.05) is 12.4 Å². The Morgan fingerprint density at radius 2 is 2.10 bits per heavy atom. The number of hydrogen-bond acceptors (Lipinski definition) is 3. The summed E-state index contributed by atoms with van der Waals surface area (Å²) >= 11 is 0. The molecule has 1 atom stereocenters. The van der Waals surface area contributed by atoms with Crippen LogP contribution in [0.3, 0.4) is 0 Å². The molecule has 1 N–H and O–H groups in total. The molecule has 1 unspecified atom stereocenters. The van der Waals surface area contributed by atoms with Crippen molar-refractivity contribution in [2.24, 2.45) is 0 Å². The first-order valence-corrected chi connectivity index (χ1v) is 6.42. The Morgan fingerprint density at radius 1 is 1.30 bits per heavy atom. The van der Waals surface area contributed by atoms with E-state index in [0.717, 1.165) is 16.7 Å². The lowest BCUT2D eigenvalue weighted by Gasteiger charge is -2.22. The highest BCUT2D eigenvalue weighted by Gasteiger charge is 2.24. The van der Waals surface area contributed by atoms with Crippen LogP contribution in [0.5, 0.6) is 0 Å². The number of furan rings is 1. The number of fused-ring (bicyclic) bond motifs is 1. The Labute approximate surface area is 116 Å². The van der Waals surface area contributed by atoms with Crippen molar-refractivity contribution >= 4 is 16.8 Å². The fraction of sp³-hybridized carbons (Fsp3) is 0.200. The third kappa shape index (κ3) is 1.97. The van der Waals surface area contributed by atoms with Crippen LogP contribution in [0.4, 0.5) is 0 Å². The number of nitrogens with zero attached hydrogens (tertiary/aromatic N) is 2. The van der Waals surface area contributed by atoms with Gasteiger partial charge in [-0.1, -0.05) is 18.2 Å². The lowest BCUT2D eigenvalue weighted by atomic mass is 10.1. The molecule has 1 aromatic carbocycles. The minimum atomic E-state index is -0.145. The molecule has 0 aliphatic heterocycles. The average Bonchev–Trinajstić information content (AvgIpc) is 3.14. The van der Waals surface area contributed by atoms with Gasteiger partial charge in [0.05, 0.1) is 17.8 Å². The molecule has 0 saturated heterocycles. The number of amides is 1. The molecule has 2 heterocycles. The lowest BCUT2D eigenvalue weighted by Crippen LogP contribution is -2.29. The van der Waals surface area contributed by atoms with E-state index in [4.69, 9.17) is 4.42 Å². The summed E-state index contributed by atoms with van der Waals surface area (Å²) < 4.78 is 5.35. The fourth-order valence-electron chi connectivity index (χ4n) is 2.19. The number of aromatic nitrogens is 2. The van der Waals surface area contributed by atoms with Gasteiger partial charge in [-0.05, 0) is 25.1 Å². The molecule has 5 nitrogen and oxygen atoms in total. The molecule has 102 valence electrons. The molecule has 0 aliphatic rings. The Morgan fingerprint density at radius 3 is 2.85 bits per heavy atom. The van der Waals surface area contributed by atoms with E-state index in [0.29, 0.717) is 5.69 Å². The summed E-state index contributed by atoms with van der Waals surface area (Å²) in [5, 5.41) is 7.84. The number of H-pyrrole nitrogens is 1. The summed E-state index contributed by atoms with van der Waals surface area (Å²) in [7, 11) is 1.75. The summed E-state index contributed by atoms with van der Waals surface area (Å²) in [5.74, 6) is 0.618. The second-order valence-electron chi connectivity index (χ2n) is 4.73. The van der Waals surface area contributed by atoms with E-state index in [1.54, 1.807) is 18.2 Å². The number of aromatic amines is 1. The zero-order chi connectivity index (χ0) is 14.1. The monoisotopic (exact) mass is 269 g/mol. The molecule has 0 aliphatic carbocycles. The van der Waals surface area contributed by atoms with Gasteiger partial charge >= 0.3 is 0 Å². The second kappa shape index (κ2) is 4.85. The van der Waals surface area contributed by atoms with Gasteiger partial charge in [-0.15, -0.1) is 0 Å². The molecule has 3 rings (SSSR count). The fourth-order valence-corrected chi connectivity index (χ4v) is 2.19. The highest BCUT2D eigenvalue weighted by atomic mass is 16.3. The van der Waals surface area contributed by atoms with Crippen LogP contribution in [0.1, 0.15) is 29.2 Å². The minimum absolute atomic E-state index is 0.133. The third-order valence-corrected chi connectivity index (χ3v) is 3.53. The van der Waals surface area contributed by atoms with Crippen molar-refractivity contribution in [3.63, 3.8) is 0 Å². The quantitative estimate of drug-likeness (QED) is 0.795. The van der Waals surface area contributed by atoms with E-state index >= 15 is 0 Å². The highest BCUT2D eigenvalue weighted by Crippen LogP contribution is 2.23. The van der Waals surface area contributed by atoms with Gasteiger partial charge in [0.15, 0.2) is 5.69 Å². The molecule has 3 aromatic rings. The van der Waals surface area contributed by atoms with E-state index < -0.39 is 0 Å². The van der Waals surface area contributed by atoms with E-state index in [1.807, 2.05) is 43.3 Å². The minimum Gasteiger partial charge on any atom is -0.467 e. The summed E-state index contributed by atoms with van der Waals surface area (Å²) in [6.45, 7) is 1.92. The van der Waals surface area contributed by atoms with E-state index in [-0.39, 0.29) is 11.9 Å². The summed E-state index contributed by atoms with van der Waals surface area (Å²) in [5.41, 5.74) is 1.29. The molecule has 1 amide bonds. The van der Waals surface area contributed by atoms with Gasteiger partial charge in [-0.25, -0.2) is 0 Å². The van der Waals surface area contributed by atoms with Crippen LogP contribution in [-0.4, -0.2) is 28.1 Å². The molecular weight excluding hydrogens is 254 g/mol. The SMILES string of the molecule is CC(c1ccco1)N(C)C(=O)c1n[nH]c2ccccc12. The number of rotatable bonds is 3. The van der Waals surface area contributed by atoms with Crippen molar-refractivity contribution in [2.45, 2.75) is 13.0 Å². The number of nitrogens with one attached hydrogen (secondary N) is 1. The molecule has 5 heteroatoms. The molecule has 0 fully saturated rings. The van der Waals surface area contributed by atoms with Crippen LogP contribution in [-0.2, 0) is 0 Å². The zero-order valence-electron chi connectivity index (χ0n) is 11.3. The van der Waals surface area contributed by atoms with Gasteiger partial charge in [0.2, 0.25) is 0 Å². The molecule has 0 radical (unpaired) electrons. The number of para-hydroxylation sites is 1. The van der Waals surface area contributed by atoms with Crippen molar-refractivity contribution in [3.05, 3.63) is 54.1 Å². The first-order chi connectivity index (χ1) is 9.68. The number of hydrogen-bond donors (Lipinski definition) is 1. The van der Waals surface area contributed by atoms with Crippen molar-refractivity contribution in [3.8, 4) is 0 Å². The van der Waals surface area contributed by atoms with Crippen molar-refractivity contribution in [1.82, 2.24) is 15.1 Å². The summed E-state index contributed by atoms with van der Waals surface area (Å²) in [6, 6.07) is 11.1. The predicted molar refractivity (Wildman–Crippen MR) is 75.3 cm³/mol. The molecule has 0 bridgehead atoms. The Bertz CT molecular complexity index is 731. The van der Waals surface area contributed by atoms with Crippen molar-refractivity contribution in [2.75, 3.05) is 7.05 Å². The Kier molecular flexibility index (Phi) is 3.02. The summed E-state index contributed by atoms with van der Waals surface area (Å²) in [4.78, 5) is 14.2. The van der Waals surface area contributed by atoms with E-state index in [2.05, 4.69) is 10.2 Å². The number of carbonyl (C=O) groups is 1.